The lowest BCUT2D eigenvalue weighted by Crippen LogP contribution is -2.61. The van der Waals surface area contributed by atoms with Crippen molar-refractivity contribution in [2.75, 3.05) is 20.2 Å². The Morgan fingerprint density at radius 2 is 1.76 bits per heavy atom. The number of rotatable bonds is 13. The summed E-state index contributed by atoms with van der Waals surface area (Å²) >= 11 is 0. The Morgan fingerprint density at radius 1 is 1.07 bits per heavy atom. The van der Waals surface area contributed by atoms with Gasteiger partial charge in [0.2, 0.25) is 34.1 Å². The molecule has 7 rings (SSSR count). The van der Waals surface area contributed by atoms with E-state index in [0.717, 1.165) is 4.90 Å². The van der Waals surface area contributed by atoms with Crippen molar-refractivity contribution in [1.82, 2.24) is 30.2 Å². The van der Waals surface area contributed by atoms with Gasteiger partial charge in [0, 0.05) is 24.9 Å². The first kappa shape index (κ1) is 55.5. The Kier molecular flexibility index (Phi) is 16.5. The molecule has 10 N–H and O–H groups in total. The normalized spacial score (nSPS) is 28.1. The van der Waals surface area contributed by atoms with Gasteiger partial charge in [-0.2, -0.15) is 8.78 Å². The number of sulfonamides is 1. The summed E-state index contributed by atoms with van der Waals surface area (Å²) in [5, 5.41) is 13.4. The fourth-order valence-electron chi connectivity index (χ4n) is 9.07. The number of fused-ring (bicyclic) bond motifs is 5. The molecule has 1 aromatic heterocycles. The molecule has 1 aromatic carbocycles. The van der Waals surface area contributed by atoms with Crippen molar-refractivity contribution in [2.45, 2.75) is 158 Å². The quantitative estimate of drug-likeness (QED) is 0.0654. The molecule has 0 spiro atoms. The Morgan fingerprint density at radius 3 is 2.35 bits per heavy atom. The van der Waals surface area contributed by atoms with Gasteiger partial charge in [0.1, 0.15) is 41.6 Å². The third-order valence-electron chi connectivity index (χ3n) is 14.1. The predicted molar refractivity (Wildman–Crippen MR) is 252 cm³/mol. The number of aromatic nitrogens is 2. The van der Waals surface area contributed by atoms with Gasteiger partial charge >= 0.3 is 12.1 Å². The third-order valence-corrected chi connectivity index (χ3v) is 16.2. The lowest BCUT2D eigenvalue weighted by molar-refractivity contribution is -0.144. The van der Waals surface area contributed by atoms with Crippen LogP contribution in [0.1, 0.15) is 111 Å². The highest BCUT2D eigenvalue weighted by molar-refractivity contribution is 7.91. The van der Waals surface area contributed by atoms with E-state index in [2.05, 4.69) is 25.6 Å². The van der Waals surface area contributed by atoms with Crippen molar-refractivity contribution in [3.63, 3.8) is 0 Å². The number of alkyl carbamates (subject to hydrolysis) is 1. The summed E-state index contributed by atoms with van der Waals surface area (Å²) in [6, 6.07) is 0.766. The number of ether oxygens (including phenoxy) is 3. The Labute approximate surface area is 414 Å². The van der Waals surface area contributed by atoms with Crippen LogP contribution >= 0.6 is 0 Å². The molecule has 2 aromatic rings. The van der Waals surface area contributed by atoms with Crippen LogP contribution in [0.2, 0.25) is 0 Å². The molecule has 3 heterocycles. The summed E-state index contributed by atoms with van der Waals surface area (Å²) in [5.74, 6) is -10.8. The van der Waals surface area contributed by atoms with E-state index in [1.54, 1.807) is 33.8 Å². The van der Waals surface area contributed by atoms with Crippen molar-refractivity contribution in [1.29, 1.82) is 0 Å². The number of carbonyl (C=O) groups is 5. The molecule has 0 radical (unpaired) electrons. The number of nitrogens with zero attached hydrogens (tertiary/aromatic N) is 4. The number of nitrogens with two attached hydrogens (primary N) is 3. The van der Waals surface area contributed by atoms with Crippen LogP contribution in [0.15, 0.2) is 23.2 Å². The standard InChI is InChI=1S/C40H52F4N6O9S.C6H14N4O2/c1-7-22-27-19-50(28(22)32(51)48-39(18-23(39)31(41)42)35(53)49-60(55,56)38(5)14-15-38)34(52)30(37(2,3)4)47-36(54)59-26-16-20(26)10-8-9-13-40(43,44)29-33(58-27)46-25-17-21(57-6)11-12-24(25)45-29;7-4(5(11)12)2-1-3-10-6(8)9/h11-12,17,20,22-23,26-28,30-31H,7-10,13-16,18-19H2,1-6H3,(H,47,54)(H,48,51)(H,49,53);4H,1-3,7H2,(H,11,12)(H4,8,9,10)/t20-,22-,23+,26-,27+,28+,30-,39-;4-/m10/s1. The largest absolute Gasteiger partial charge is 0.497 e. The van der Waals surface area contributed by atoms with Crippen molar-refractivity contribution in [3.05, 3.63) is 23.9 Å². The number of halogens is 4. The first-order chi connectivity index (χ1) is 33.6. The summed E-state index contributed by atoms with van der Waals surface area (Å²) < 4.78 is 105. The Bertz CT molecular complexity index is 2530. The van der Waals surface area contributed by atoms with Crippen LogP contribution in [0.25, 0.3) is 11.0 Å². The molecule has 0 unspecified atom stereocenters. The maximum absolute atomic E-state index is 16.3. The van der Waals surface area contributed by atoms with Crippen molar-refractivity contribution < 1.29 is 69.3 Å². The van der Waals surface area contributed by atoms with Gasteiger partial charge < -0.3 is 52.1 Å². The minimum atomic E-state index is -4.31. The van der Waals surface area contributed by atoms with E-state index in [0.29, 0.717) is 44.4 Å². The van der Waals surface area contributed by atoms with Gasteiger partial charge in [-0.1, -0.05) is 34.1 Å². The number of guanidine groups is 1. The fourth-order valence-corrected chi connectivity index (χ4v) is 10.4. The summed E-state index contributed by atoms with van der Waals surface area (Å²) in [6.45, 7) is 8.04. The Balaban J connectivity index is 0.000000625. The molecular weight excluding hydrogens is 977 g/mol. The van der Waals surface area contributed by atoms with Crippen LogP contribution in [-0.4, -0.2) is 131 Å². The first-order valence-corrected chi connectivity index (χ1v) is 25.5. The number of amides is 4. The van der Waals surface area contributed by atoms with Crippen LogP contribution in [-0.2, 0) is 39.9 Å². The number of alkyl halides is 4. The van der Waals surface area contributed by atoms with Crippen molar-refractivity contribution >= 4 is 56.8 Å². The van der Waals surface area contributed by atoms with Gasteiger partial charge in [0.15, 0.2) is 11.7 Å². The SMILES string of the molecule is CC[C@@H]1[C@@H]2CN(C(=O)[C@H](C(C)(C)C)NC(=O)O[C@@H]3C[C@H]3CCCCC(F)(F)c3nc4ccc(OC)cc4nc3O2)[C@@H]1C(=O)N[C@]1(C(=O)NS(=O)(=O)C2(C)CC2)C[C@H]1C(F)F.NC(N)=NCCC[C@H](N)C(=O)O. The van der Waals surface area contributed by atoms with Gasteiger partial charge in [-0.25, -0.2) is 32.0 Å². The minimum absolute atomic E-state index is 0.0129. The lowest BCUT2D eigenvalue weighted by Gasteiger charge is -2.36. The second-order valence-corrected chi connectivity index (χ2v) is 22.8. The van der Waals surface area contributed by atoms with Crippen molar-refractivity contribution in [2.24, 2.45) is 45.4 Å². The zero-order valence-electron chi connectivity index (χ0n) is 41.1. The lowest BCUT2D eigenvalue weighted by atomic mass is 9.85. The van der Waals surface area contributed by atoms with Crippen LogP contribution in [0.3, 0.4) is 0 Å². The van der Waals surface area contributed by atoms with E-state index >= 15 is 8.78 Å². The number of aliphatic carboxylic acids is 1. The fraction of sp³-hybridized carbons (Fsp3) is 0.696. The van der Waals surface area contributed by atoms with E-state index < -0.39 is 141 Å². The summed E-state index contributed by atoms with van der Waals surface area (Å²) in [4.78, 5) is 80.2. The number of hydrogen-bond donors (Lipinski definition) is 7. The number of benzene rings is 1. The highest BCUT2D eigenvalue weighted by atomic mass is 32.2. The predicted octanol–water partition coefficient (Wildman–Crippen LogP) is 3.41. The number of carboxylic acid groups (broad SMARTS) is 1. The van der Waals surface area contributed by atoms with E-state index in [9.17, 15) is 41.2 Å². The topological polar surface area (TPSA) is 323 Å². The molecule has 21 nitrogen and oxygen atoms in total. The number of hydrogen-bond acceptors (Lipinski definition) is 14. The summed E-state index contributed by atoms with van der Waals surface area (Å²) in [5.41, 5.74) is 11.5. The van der Waals surface area contributed by atoms with Crippen LogP contribution in [0.4, 0.5) is 22.4 Å². The maximum Gasteiger partial charge on any atom is 0.408 e. The van der Waals surface area contributed by atoms with Crippen LogP contribution < -0.4 is 42.0 Å². The molecule has 1 saturated heterocycles. The van der Waals surface area contributed by atoms with Crippen LogP contribution in [0.5, 0.6) is 11.6 Å². The van der Waals surface area contributed by atoms with Gasteiger partial charge in [0.05, 0.1) is 35.4 Å². The molecule has 3 saturated carbocycles. The molecule has 72 heavy (non-hydrogen) atoms. The zero-order valence-corrected chi connectivity index (χ0v) is 41.9. The number of methoxy groups -OCH3 is 1. The molecule has 4 fully saturated rings. The number of aliphatic imine (C=N–C) groups is 1. The van der Waals surface area contributed by atoms with E-state index in [4.69, 9.17) is 36.5 Å². The third kappa shape index (κ3) is 12.5. The molecule has 3 aliphatic carbocycles. The van der Waals surface area contributed by atoms with Gasteiger partial charge in [-0.15, -0.1) is 0 Å². The highest BCUT2D eigenvalue weighted by Gasteiger charge is 2.68. The molecule has 400 valence electrons. The molecule has 4 amide bonds. The van der Waals surface area contributed by atoms with E-state index in [1.165, 1.54) is 26.2 Å². The first-order valence-electron chi connectivity index (χ1n) is 24.0. The van der Waals surface area contributed by atoms with Gasteiger partial charge in [0.25, 0.3) is 11.8 Å². The smallest absolute Gasteiger partial charge is 0.408 e. The molecule has 26 heteroatoms. The molecule has 9 atom stereocenters. The average molecular weight is 1040 g/mol. The minimum Gasteiger partial charge on any atom is -0.497 e. The molecular formula is C46H66F4N10O11S. The molecule has 2 bridgehead atoms. The van der Waals surface area contributed by atoms with Crippen molar-refractivity contribution in [3.8, 4) is 11.6 Å². The number of carboxylic acids is 1. The second kappa shape index (κ2) is 21.4. The monoisotopic (exact) mass is 1040 g/mol. The van der Waals surface area contributed by atoms with Gasteiger partial charge in [-0.05, 0) is 88.2 Å². The second-order valence-electron chi connectivity index (χ2n) is 20.6. The Hall–Kier alpha value is -5.79. The summed E-state index contributed by atoms with van der Waals surface area (Å²) in [7, 11) is -2.89. The molecule has 2 aliphatic heterocycles. The van der Waals surface area contributed by atoms with E-state index in [1.807, 2.05) is 4.72 Å². The maximum atomic E-state index is 16.3. The van der Waals surface area contributed by atoms with Crippen LogP contribution in [0, 0.1) is 23.2 Å². The number of carbonyl (C=O) groups excluding carboxylic acids is 4. The average Bonchev–Trinajstić information content (AvgIpc) is 4.26. The van der Waals surface area contributed by atoms with Gasteiger partial charge in [-0.3, -0.25) is 28.9 Å². The highest BCUT2D eigenvalue weighted by Crippen LogP contribution is 2.50. The summed E-state index contributed by atoms with van der Waals surface area (Å²) in [6.07, 6.45) is -3.95. The van der Waals surface area contributed by atoms with E-state index in [-0.39, 0.29) is 48.6 Å². The number of nitrogens with one attached hydrogen (secondary N) is 3. The zero-order chi connectivity index (χ0) is 53.3. The molecule has 5 aliphatic rings.